The third-order valence-electron chi connectivity index (χ3n) is 6.94. The molecule has 0 saturated heterocycles. The second kappa shape index (κ2) is 28.1. The first-order valence-corrected chi connectivity index (χ1v) is 17.6. The minimum atomic E-state index is -0.833. The fraction of sp³-hybridized carbons (Fsp3) is 0.967. The minimum Gasteiger partial charge on any atom is -0.481 e. The average molecular weight is 488 g/mol. The van der Waals surface area contributed by atoms with Gasteiger partial charge in [-0.15, -0.1) is 0 Å². The fourth-order valence-electron chi connectivity index (χ4n) is 4.87. The third kappa shape index (κ3) is 28.0. The summed E-state index contributed by atoms with van der Waals surface area (Å²) in [5.41, 5.74) is 0. The van der Waals surface area contributed by atoms with Crippen LogP contribution in [0.4, 0.5) is 0 Å². The van der Waals surface area contributed by atoms with Crippen LogP contribution in [0.2, 0.25) is 0 Å². The van der Waals surface area contributed by atoms with Crippen LogP contribution in [0.15, 0.2) is 0 Å². The summed E-state index contributed by atoms with van der Waals surface area (Å²) in [6.07, 6.45) is 36.1. The van der Waals surface area contributed by atoms with E-state index in [4.69, 9.17) is 9.90 Å². The second-order valence-corrected chi connectivity index (χ2v) is 14.9. The number of hydrogen-bond donors (Lipinski definition) is 1. The Hall–Kier alpha value is -0.100. The molecule has 0 aromatic carbocycles. The van der Waals surface area contributed by atoms with Crippen LogP contribution < -0.4 is 0 Å². The first-order chi connectivity index (χ1) is 16.0. The molecule has 3 heteroatoms. The van der Waals surface area contributed by atoms with Crippen molar-refractivity contribution in [1.82, 2.24) is 0 Å². The molecule has 0 unspecified atom stereocenters. The summed E-state index contributed by atoms with van der Waals surface area (Å²) in [5.74, 6) is -0.833. The molecule has 1 N–H and O–H groups in total. The number of aliphatic carboxylic acids is 1. The molecular formula is C30H64O2P+. The quantitative estimate of drug-likeness (QED) is 0.109. The molecule has 200 valence electrons. The van der Waals surface area contributed by atoms with Crippen molar-refractivity contribution in [3.63, 3.8) is 0 Å². The molecule has 0 aromatic rings. The SMILES string of the molecule is CC(=O)O.CCCCCCC[P+](CCCCCCC)(CCCCCCC)CCCCCCC. The van der Waals surface area contributed by atoms with E-state index in [1.807, 2.05) is 0 Å². The van der Waals surface area contributed by atoms with Gasteiger partial charge in [0.25, 0.3) is 5.97 Å². The minimum absolute atomic E-state index is 0.691. The van der Waals surface area contributed by atoms with Crippen LogP contribution in [0.25, 0.3) is 0 Å². The summed E-state index contributed by atoms with van der Waals surface area (Å²) >= 11 is 0. The van der Waals surface area contributed by atoms with Crippen molar-refractivity contribution in [2.24, 2.45) is 0 Å². The number of carbonyl (C=O) groups is 1. The summed E-state index contributed by atoms with van der Waals surface area (Å²) in [6.45, 7) is 10.5. The number of rotatable bonds is 24. The lowest BCUT2D eigenvalue weighted by Crippen LogP contribution is -2.13. The molecule has 0 spiro atoms. The maximum absolute atomic E-state index is 9.00. The van der Waals surface area contributed by atoms with E-state index in [1.165, 1.54) is 103 Å². The standard InChI is InChI=1S/C28H60P.C2H4O2/c1-5-9-13-17-21-25-29(26-22-18-14-10-6-2,27-23-19-15-11-7-3)28-24-20-16-12-8-4;1-2(3)4/h5-28H2,1-4H3;1H3,(H,3,4)/q+1;. The summed E-state index contributed by atoms with van der Waals surface area (Å²) in [4.78, 5) is 9.00. The van der Waals surface area contributed by atoms with Gasteiger partial charge < -0.3 is 5.11 Å². The lowest BCUT2D eigenvalue weighted by Gasteiger charge is -2.28. The predicted octanol–water partition coefficient (Wildman–Crippen LogP) is 11.0. The van der Waals surface area contributed by atoms with Crippen LogP contribution in [0.1, 0.15) is 163 Å². The molecule has 0 rings (SSSR count). The molecule has 0 aliphatic rings. The second-order valence-electron chi connectivity index (χ2n) is 10.4. The molecule has 0 atom stereocenters. The highest BCUT2D eigenvalue weighted by Crippen LogP contribution is 2.61. The molecule has 0 aliphatic carbocycles. The molecule has 0 heterocycles. The Morgan fingerprint density at radius 1 is 0.455 bits per heavy atom. The van der Waals surface area contributed by atoms with Gasteiger partial charge in [0.1, 0.15) is 0 Å². The van der Waals surface area contributed by atoms with Crippen molar-refractivity contribution in [3.8, 4) is 0 Å². The first kappa shape index (κ1) is 35.1. The smallest absolute Gasteiger partial charge is 0.300 e. The van der Waals surface area contributed by atoms with E-state index >= 15 is 0 Å². The zero-order valence-corrected chi connectivity index (χ0v) is 24.7. The Morgan fingerprint density at radius 2 is 0.636 bits per heavy atom. The Morgan fingerprint density at radius 3 is 0.818 bits per heavy atom. The van der Waals surface area contributed by atoms with Crippen molar-refractivity contribution in [2.75, 3.05) is 24.6 Å². The van der Waals surface area contributed by atoms with Gasteiger partial charge in [0.2, 0.25) is 0 Å². The van der Waals surface area contributed by atoms with Gasteiger partial charge >= 0.3 is 0 Å². The summed E-state index contributed by atoms with van der Waals surface area (Å²) in [7, 11) is -0.691. The van der Waals surface area contributed by atoms with Gasteiger partial charge in [-0.05, 0) is 51.4 Å². The Balaban J connectivity index is 0. The molecule has 0 aliphatic heterocycles. The van der Waals surface area contributed by atoms with Crippen LogP contribution in [0, 0.1) is 0 Å². The van der Waals surface area contributed by atoms with Gasteiger partial charge in [0.15, 0.2) is 0 Å². The number of carboxylic acids is 1. The van der Waals surface area contributed by atoms with E-state index in [1.54, 1.807) is 50.3 Å². The summed E-state index contributed by atoms with van der Waals surface area (Å²) < 4.78 is 0. The van der Waals surface area contributed by atoms with E-state index in [-0.39, 0.29) is 0 Å². The zero-order chi connectivity index (χ0) is 25.0. The fourth-order valence-corrected chi connectivity index (χ4v) is 9.79. The van der Waals surface area contributed by atoms with E-state index < -0.39 is 13.2 Å². The van der Waals surface area contributed by atoms with Gasteiger partial charge in [-0.25, -0.2) is 0 Å². The van der Waals surface area contributed by atoms with Crippen molar-refractivity contribution in [3.05, 3.63) is 0 Å². The molecule has 0 bridgehead atoms. The van der Waals surface area contributed by atoms with Crippen molar-refractivity contribution in [2.45, 2.75) is 163 Å². The molecule has 2 nitrogen and oxygen atoms in total. The molecule has 0 saturated carbocycles. The highest BCUT2D eigenvalue weighted by Gasteiger charge is 2.34. The maximum Gasteiger partial charge on any atom is 0.300 e. The topological polar surface area (TPSA) is 37.3 Å². The molecule has 0 radical (unpaired) electrons. The number of unbranched alkanes of at least 4 members (excludes halogenated alkanes) is 16. The average Bonchev–Trinajstić information content (AvgIpc) is 2.78. The maximum atomic E-state index is 9.00. The van der Waals surface area contributed by atoms with E-state index in [9.17, 15) is 0 Å². The zero-order valence-electron chi connectivity index (χ0n) is 23.8. The molecule has 33 heavy (non-hydrogen) atoms. The monoisotopic (exact) mass is 487 g/mol. The van der Waals surface area contributed by atoms with Gasteiger partial charge in [0, 0.05) is 14.2 Å². The Bertz CT molecular complexity index is 318. The Kier molecular flexibility index (Phi) is 29.9. The first-order valence-electron chi connectivity index (χ1n) is 15.0. The van der Waals surface area contributed by atoms with Gasteiger partial charge in [-0.1, -0.05) is 105 Å². The summed E-state index contributed by atoms with van der Waals surface area (Å²) in [6, 6.07) is 0. The molecule has 0 fully saturated rings. The third-order valence-corrected chi connectivity index (χ3v) is 12.0. The van der Waals surface area contributed by atoms with Crippen LogP contribution >= 0.6 is 7.26 Å². The lowest BCUT2D eigenvalue weighted by atomic mass is 10.2. The van der Waals surface area contributed by atoms with Crippen molar-refractivity contribution >= 4 is 13.2 Å². The highest BCUT2D eigenvalue weighted by atomic mass is 31.2. The predicted molar refractivity (Wildman–Crippen MR) is 155 cm³/mol. The summed E-state index contributed by atoms with van der Waals surface area (Å²) in [5, 5.41) is 7.42. The number of carboxylic acid groups (broad SMARTS) is 1. The van der Waals surface area contributed by atoms with Crippen LogP contribution in [-0.4, -0.2) is 35.7 Å². The van der Waals surface area contributed by atoms with Gasteiger partial charge in [-0.3, -0.25) is 4.79 Å². The van der Waals surface area contributed by atoms with Crippen LogP contribution in [-0.2, 0) is 4.79 Å². The highest BCUT2D eigenvalue weighted by molar-refractivity contribution is 7.75. The normalized spacial score (nSPS) is 11.3. The van der Waals surface area contributed by atoms with E-state index in [0.717, 1.165) is 6.92 Å². The Labute approximate surface area is 210 Å². The molecular weight excluding hydrogens is 423 g/mol. The largest absolute Gasteiger partial charge is 0.481 e. The molecule has 0 aromatic heterocycles. The van der Waals surface area contributed by atoms with E-state index in [2.05, 4.69) is 27.7 Å². The number of hydrogen-bond acceptors (Lipinski definition) is 1. The van der Waals surface area contributed by atoms with Crippen LogP contribution in [0.5, 0.6) is 0 Å². The van der Waals surface area contributed by atoms with Gasteiger partial charge in [0.05, 0.1) is 24.6 Å². The van der Waals surface area contributed by atoms with E-state index in [0.29, 0.717) is 0 Å². The van der Waals surface area contributed by atoms with Crippen molar-refractivity contribution < 1.29 is 9.90 Å². The molecule has 0 amide bonds. The van der Waals surface area contributed by atoms with Gasteiger partial charge in [-0.2, -0.15) is 0 Å². The van der Waals surface area contributed by atoms with Crippen molar-refractivity contribution in [1.29, 1.82) is 0 Å². The van der Waals surface area contributed by atoms with Crippen LogP contribution in [0.3, 0.4) is 0 Å². The lowest BCUT2D eigenvalue weighted by molar-refractivity contribution is -0.134.